The van der Waals surface area contributed by atoms with Gasteiger partial charge in [-0.3, -0.25) is 4.90 Å². The summed E-state index contributed by atoms with van der Waals surface area (Å²) in [6.07, 6.45) is 1.11. The smallest absolute Gasteiger partial charge is 0.119 e. The summed E-state index contributed by atoms with van der Waals surface area (Å²) in [5.41, 5.74) is 8.61. The minimum absolute atomic E-state index is 0.354. The van der Waals surface area contributed by atoms with Crippen molar-refractivity contribution in [2.75, 3.05) is 26.2 Å². The zero-order valence-corrected chi connectivity index (χ0v) is 12.4. The average Bonchev–Trinajstić information content (AvgIpc) is 2.75. The van der Waals surface area contributed by atoms with Crippen LogP contribution < -0.4 is 10.5 Å². The molecule has 0 amide bonds. The number of rotatable bonds is 5. The second-order valence-corrected chi connectivity index (χ2v) is 5.87. The van der Waals surface area contributed by atoms with Gasteiger partial charge in [0.1, 0.15) is 12.4 Å². The maximum absolute atomic E-state index is 5.89. The molecule has 3 heteroatoms. The highest BCUT2D eigenvalue weighted by Gasteiger charge is 2.18. The molecular weight excluding hydrogens is 236 g/mol. The Morgan fingerprint density at radius 2 is 2.21 bits per heavy atom. The second kappa shape index (κ2) is 6.40. The number of hydrogen-bond acceptors (Lipinski definition) is 3. The van der Waals surface area contributed by atoms with Crippen LogP contribution in [0.5, 0.6) is 5.75 Å². The summed E-state index contributed by atoms with van der Waals surface area (Å²) in [4.78, 5) is 2.38. The van der Waals surface area contributed by atoms with E-state index >= 15 is 0 Å². The first-order chi connectivity index (χ1) is 9.06. The van der Waals surface area contributed by atoms with E-state index in [1.807, 2.05) is 0 Å². The number of ether oxygens (including phenoxy) is 1. The van der Waals surface area contributed by atoms with Gasteiger partial charge in [0.05, 0.1) is 0 Å². The Labute approximate surface area is 116 Å². The molecule has 0 saturated carbocycles. The highest BCUT2D eigenvalue weighted by Crippen LogP contribution is 2.23. The van der Waals surface area contributed by atoms with E-state index < -0.39 is 0 Å². The second-order valence-electron chi connectivity index (χ2n) is 5.87. The number of benzene rings is 1. The predicted octanol–water partition coefficient (Wildman–Crippen LogP) is 2.53. The minimum Gasteiger partial charge on any atom is -0.492 e. The molecule has 1 atom stereocenters. The molecule has 2 rings (SSSR count). The van der Waals surface area contributed by atoms with Crippen LogP contribution in [0.1, 0.15) is 37.3 Å². The van der Waals surface area contributed by atoms with Crippen LogP contribution in [0.2, 0.25) is 0 Å². The van der Waals surface area contributed by atoms with Gasteiger partial charge in [0, 0.05) is 19.1 Å². The lowest BCUT2D eigenvalue weighted by molar-refractivity contribution is 0.236. The third-order valence-corrected chi connectivity index (χ3v) is 3.85. The maximum atomic E-state index is 5.89. The van der Waals surface area contributed by atoms with Crippen LogP contribution in [0.3, 0.4) is 0 Å². The summed E-state index contributed by atoms with van der Waals surface area (Å²) in [6, 6.07) is 6.76. The SMILES string of the molecule is Cc1cc(OCCN2CC[C@H](N)C2)ccc1C(C)C. The molecule has 2 N–H and O–H groups in total. The van der Waals surface area contributed by atoms with Gasteiger partial charge in [-0.1, -0.05) is 19.9 Å². The number of likely N-dealkylation sites (tertiary alicyclic amines) is 1. The van der Waals surface area contributed by atoms with Crippen LogP contribution in [0.15, 0.2) is 18.2 Å². The molecule has 3 nitrogen and oxygen atoms in total. The lowest BCUT2D eigenvalue weighted by atomic mass is 9.98. The fourth-order valence-corrected chi connectivity index (χ4v) is 2.74. The van der Waals surface area contributed by atoms with Crippen LogP contribution >= 0.6 is 0 Å². The molecule has 0 aromatic heterocycles. The van der Waals surface area contributed by atoms with Gasteiger partial charge < -0.3 is 10.5 Å². The Bertz CT molecular complexity index is 417. The Morgan fingerprint density at radius 3 is 2.79 bits per heavy atom. The normalized spacial score (nSPS) is 20.2. The predicted molar refractivity (Wildman–Crippen MR) is 79.8 cm³/mol. The van der Waals surface area contributed by atoms with Gasteiger partial charge in [-0.05, 0) is 49.1 Å². The summed E-state index contributed by atoms with van der Waals surface area (Å²) >= 11 is 0. The van der Waals surface area contributed by atoms with Gasteiger partial charge in [-0.2, -0.15) is 0 Å². The lowest BCUT2D eigenvalue weighted by Crippen LogP contribution is -2.29. The van der Waals surface area contributed by atoms with E-state index in [0.29, 0.717) is 12.0 Å². The van der Waals surface area contributed by atoms with Crippen molar-refractivity contribution in [3.05, 3.63) is 29.3 Å². The van der Waals surface area contributed by atoms with Crippen LogP contribution in [-0.4, -0.2) is 37.2 Å². The molecule has 1 aromatic rings. The average molecular weight is 262 g/mol. The third kappa shape index (κ3) is 3.95. The first-order valence-electron chi connectivity index (χ1n) is 7.27. The molecule has 0 bridgehead atoms. The highest BCUT2D eigenvalue weighted by molar-refractivity contribution is 5.36. The summed E-state index contributed by atoms with van der Waals surface area (Å²) in [5.74, 6) is 1.55. The van der Waals surface area contributed by atoms with E-state index in [2.05, 4.69) is 43.9 Å². The van der Waals surface area contributed by atoms with Crippen molar-refractivity contribution in [3.8, 4) is 5.75 Å². The molecule has 1 aliphatic heterocycles. The van der Waals surface area contributed by atoms with E-state index in [1.54, 1.807) is 0 Å². The molecule has 0 radical (unpaired) electrons. The van der Waals surface area contributed by atoms with E-state index in [9.17, 15) is 0 Å². The van der Waals surface area contributed by atoms with Crippen LogP contribution in [0, 0.1) is 6.92 Å². The van der Waals surface area contributed by atoms with Gasteiger partial charge in [-0.15, -0.1) is 0 Å². The first kappa shape index (κ1) is 14.4. The van der Waals surface area contributed by atoms with Crippen molar-refractivity contribution >= 4 is 0 Å². The van der Waals surface area contributed by atoms with Crippen LogP contribution in [-0.2, 0) is 0 Å². The molecule has 1 fully saturated rings. The molecule has 1 saturated heterocycles. The van der Waals surface area contributed by atoms with Gasteiger partial charge >= 0.3 is 0 Å². The Morgan fingerprint density at radius 1 is 1.42 bits per heavy atom. The molecular formula is C16H26N2O. The van der Waals surface area contributed by atoms with Crippen LogP contribution in [0.25, 0.3) is 0 Å². The van der Waals surface area contributed by atoms with E-state index in [4.69, 9.17) is 10.5 Å². The largest absolute Gasteiger partial charge is 0.492 e. The van der Waals surface area contributed by atoms with Gasteiger partial charge in [-0.25, -0.2) is 0 Å². The van der Waals surface area contributed by atoms with Crippen molar-refractivity contribution in [3.63, 3.8) is 0 Å². The molecule has 106 valence electrons. The van der Waals surface area contributed by atoms with Crippen LogP contribution in [0.4, 0.5) is 0 Å². The van der Waals surface area contributed by atoms with Gasteiger partial charge in [0.15, 0.2) is 0 Å². The molecule has 0 unspecified atom stereocenters. The number of hydrogen-bond donors (Lipinski definition) is 1. The number of nitrogens with two attached hydrogens (primary N) is 1. The fourth-order valence-electron chi connectivity index (χ4n) is 2.74. The lowest BCUT2D eigenvalue weighted by Gasteiger charge is -2.16. The Kier molecular flexibility index (Phi) is 4.83. The summed E-state index contributed by atoms with van der Waals surface area (Å²) in [6.45, 7) is 10.4. The third-order valence-electron chi connectivity index (χ3n) is 3.85. The van der Waals surface area contributed by atoms with E-state index in [-0.39, 0.29) is 0 Å². The molecule has 1 aromatic carbocycles. The summed E-state index contributed by atoms with van der Waals surface area (Å²) in [7, 11) is 0. The molecule has 0 spiro atoms. The molecule has 1 heterocycles. The number of aryl methyl sites for hydroxylation is 1. The molecule has 0 aliphatic carbocycles. The summed E-state index contributed by atoms with van der Waals surface area (Å²) in [5, 5.41) is 0. The van der Waals surface area contributed by atoms with Crippen molar-refractivity contribution in [1.29, 1.82) is 0 Å². The Balaban J connectivity index is 1.81. The zero-order valence-electron chi connectivity index (χ0n) is 12.4. The fraction of sp³-hybridized carbons (Fsp3) is 0.625. The standard InChI is InChI=1S/C16H26N2O/c1-12(2)16-5-4-15(10-13(16)3)19-9-8-18-7-6-14(17)11-18/h4-5,10,12,14H,6-9,11,17H2,1-3H3/t14-/m0/s1. The first-order valence-corrected chi connectivity index (χ1v) is 7.27. The van der Waals surface area contributed by atoms with Gasteiger partial charge in [0.2, 0.25) is 0 Å². The van der Waals surface area contributed by atoms with Crippen molar-refractivity contribution in [2.45, 2.75) is 39.2 Å². The zero-order chi connectivity index (χ0) is 13.8. The van der Waals surface area contributed by atoms with E-state index in [0.717, 1.165) is 38.4 Å². The molecule has 1 aliphatic rings. The van der Waals surface area contributed by atoms with Crippen molar-refractivity contribution < 1.29 is 4.74 Å². The van der Waals surface area contributed by atoms with E-state index in [1.165, 1.54) is 11.1 Å². The topological polar surface area (TPSA) is 38.5 Å². The highest BCUT2D eigenvalue weighted by atomic mass is 16.5. The summed E-state index contributed by atoms with van der Waals surface area (Å²) < 4.78 is 5.84. The quantitative estimate of drug-likeness (QED) is 0.886. The maximum Gasteiger partial charge on any atom is 0.119 e. The van der Waals surface area contributed by atoms with Crippen molar-refractivity contribution in [1.82, 2.24) is 4.90 Å². The number of nitrogens with zero attached hydrogens (tertiary/aromatic N) is 1. The molecule has 19 heavy (non-hydrogen) atoms. The monoisotopic (exact) mass is 262 g/mol. The Hall–Kier alpha value is -1.06. The van der Waals surface area contributed by atoms with Gasteiger partial charge in [0.25, 0.3) is 0 Å². The minimum atomic E-state index is 0.354. The van der Waals surface area contributed by atoms with Crippen molar-refractivity contribution in [2.24, 2.45) is 5.73 Å².